The van der Waals surface area contributed by atoms with E-state index in [2.05, 4.69) is 20.9 Å². The second kappa shape index (κ2) is 11.4. The molecule has 5 nitrogen and oxygen atoms in total. The van der Waals surface area contributed by atoms with Crippen LogP contribution in [0, 0.1) is 0 Å². The smallest absolute Gasteiger partial charge is 0.357 e. The standard InChI is InChI=1S/C18H27F3N4O.HI/c1-5-22-16(24-12-15(26)25-17(2,3)4)23-11-10-13-6-8-14(9-7-13)18(19,20)21;/h6-9H,5,10-12H2,1-4H3,(H,25,26)(H2,22,23,24);1H. The minimum absolute atomic E-state index is 0. The number of rotatable bonds is 6. The Labute approximate surface area is 175 Å². The van der Waals surface area contributed by atoms with E-state index < -0.39 is 11.7 Å². The third-order valence-electron chi connectivity index (χ3n) is 3.23. The Morgan fingerprint density at radius 2 is 1.67 bits per heavy atom. The summed E-state index contributed by atoms with van der Waals surface area (Å²) in [5.41, 5.74) is -0.193. The number of guanidine groups is 1. The van der Waals surface area contributed by atoms with Crippen molar-refractivity contribution in [1.82, 2.24) is 16.0 Å². The summed E-state index contributed by atoms with van der Waals surface area (Å²) in [6, 6.07) is 5.08. The van der Waals surface area contributed by atoms with Gasteiger partial charge in [-0.25, -0.2) is 4.99 Å². The van der Waals surface area contributed by atoms with Crippen LogP contribution in [0.2, 0.25) is 0 Å². The monoisotopic (exact) mass is 500 g/mol. The lowest BCUT2D eigenvalue weighted by Gasteiger charge is -2.20. The van der Waals surface area contributed by atoms with E-state index in [0.717, 1.165) is 17.7 Å². The van der Waals surface area contributed by atoms with Crippen LogP contribution in [0.1, 0.15) is 38.8 Å². The molecule has 154 valence electrons. The van der Waals surface area contributed by atoms with Crippen LogP contribution in [0.5, 0.6) is 0 Å². The van der Waals surface area contributed by atoms with Gasteiger partial charge >= 0.3 is 6.18 Å². The van der Waals surface area contributed by atoms with Gasteiger partial charge in [0.05, 0.1) is 5.56 Å². The number of aliphatic imine (C=N–C) groups is 1. The number of nitrogens with one attached hydrogen (secondary N) is 3. The molecule has 0 fully saturated rings. The average Bonchev–Trinajstić information content (AvgIpc) is 2.50. The molecule has 0 atom stereocenters. The number of nitrogens with zero attached hydrogens (tertiary/aromatic N) is 1. The average molecular weight is 500 g/mol. The molecule has 1 amide bonds. The first-order valence-electron chi connectivity index (χ1n) is 8.50. The zero-order valence-corrected chi connectivity index (χ0v) is 18.4. The predicted molar refractivity (Wildman–Crippen MR) is 112 cm³/mol. The van der Waals surface area contributed by atoms with Crippen molar-refractivity contribution in [2.75, 3.05) is 19.6 Å². The molecule has 27 heavy (non-hydrogen) atoms. The molecule has 0 heterocycles. The number of benzene rings is 1. The number of alkyl halides is 3. The highest BCUT2D eigenvalue weighted by Gasteiger charge is 2.29. The first kappa shape index (κ1) is 25.5. The summed E-state index contributed by atoms with van der Waals surface area (Å²) in [4.78, 5) is 16.0. The molecule has 9 heteroatoms. The van der Waals surface area contributed by atoms with E-state index in [4.69, 9.17) is 0 Å². The molecule has 0 aliphatic rings. The fourth-order valence-electron chi connectivity index (χ4n) is 2.14. The second-order valence-corrected chi connectivity index (χ2v) is 6.86. The molecular formula is C18H28F3IN4O. The van der Waals surface area contributed by atoms with Crippen molar-refractivity contribution in [3.8, 4) is 0 Å². The zero-order chi connectivity index (χ0) is 19.8. The predicted octanol–water partition coefficient (Wildman–Crippen LogP) is 3.34. The van der Waals surface area contributed by atoms with Gasteiger partial charge in [0.15, 0.2) is 5.96 Å². The molecule has 0 aromatic heterocycles. The number of hydrogen-bond acceptors (Lipinski definition) is 2. The molecule has 0 aliphatic heterocycles. The van der Waals surface area contributed by atoms with E-state index in [9.17, 15) is 18.0 Å². The van der Waals surface area contributed by atoms with Crippen molar-refractivity contribution >= 4 is 35.8 Å². The van der Waals surface area contributed by atoms with E-state index in [0.29, 0.717) is 25.5 Å². The molecule has 3 N–H and O–H groups in total. The maximum atomic E-state index is 12.5. The van der Waals surface area contributed by atoms with Crippen LogP contribution < -0.4 is 16.0 Å². The van der Waals surface area contributed by atoms with Crippen LogP contribution >= 0.6 is 24.0 Å². The molecule has 0 saturated carbocycles. The molecular weight excluding hydrogens is 472 g/mol. The molecule has 0 aliphatic carbocycles. The summed E-state index contributed by atoms with van der Waals surface area (Å²) in [7, 11) is 0. The summed E-state index contributed by atoms with van der Waals surface area (Å²) < 4.78 is 37.6. The van der Waals surface area contributed by atoms with Crippen LogP contribution in [-0.4, -0.2) is 37.0 Å². The number of carbonyl (C=O) groups excluding carboxylic acids is 1. The van der Waals surface area contributed by atoms with Gasteiger partial charge in [0.25, 0.3) is 0 Å². The Balaban J connectivity index is 0.00000676. The second-order valence-electron chi connectivity index (χ2n) is 6.86. The van der Waals surface area contributed by atoms with Crippen molar-refractivity contribution in [2.24, 2.45) is 4.99 Å². The van der Waals surface area contributed by atoms with Gasteiger partial charge < -0.3 is 16.0 Å². The van der Waals surface area contributed by atoms with E-state index in [1.807, 2.05) is 27.7 Å². The molecule has 0 spiro atoms. The first-order chi connectivity index (χ1) is 12.0. The highest BCUT2D eigenvalue weighted by molar-refractivity contribution is 14.0. The van der Waals surface area contributed by atoms with Crippen molar-refractivity contribution < 1.29 is 18.0 Å². The Morgan fingerprint density at radius 1 is 1.07 bits per heavy atom. The van der Waals surface area contributed by atoms with Gasteiger partial charge in [-0.1, -0.05) is 12.1 Å². The quantitative estimate of drug-likeness (QED) is 0.319. The normalized spacial score (nSPS) is 12.2. The number of halogens is 4. The molecule has 0 unspecified atom stereocenters. The maximum absolute atomic E-state index is 12.5. The Morgan fingerprint density at radius 3 is 2.15 bits per heavy atom. The summed E-state index contributed by atoms with van der Waals surface area (Å²) >= 11 is 0. The van der Waals surface area contributed by atoms with Gasteiger partial charge in [-0.15, -0.1) is 24.0 Å². The van der Waals surface area contributed by atoms with Crippen molar-refractivity contribution in [3.05, 3.63) is 35.4 Å². The molecule has 1 rings (SSSR count). The van der Waals surface area contributed by atoms with Crippen LogP contribution in [0.25, 0.3) is 0 Å². The summed E-state index contributed by atoms with van der Waals surface area (Å²) in [5, 5.41) is 8.92. The van der Waals surface area contributed by atoms with Gasteiger partial charge in [-0.05, 0) is 51.8 Å². The van der Waals surface area contributed by atoms with Crippen LogP contribution in [0.3, 0.4) is 0 Å². The molecule has 1 aromatic carbocycles. The summed E-state index contributed by atoms with van der Waals surface area (Å²) in [6.45, 7) is 8.69. The van der Waals surface area contributed by atoms with Crippen LogP contribution in [0.4, 0.5) is 13.2 Å². The molecule has 0 bridgehead atoms. The maximum Gasteiger partial charge on any atom is 0.416 e. The fourth-order valence-corrected chi connectivity index (χ4v) is 2.14. The lowest BCUT2D eigenvalue weighted by Crippen LogP contribution is -2.43. The van der Waals surface area contributed by atoms with E-state index in [1.54, 1.807) is 0 Å². The molecule has 0 saturated heterocycles. The third-order valence-corrected chi connectivity index (χ3v) is 3.23. The van der Waals surface area contributed by atoms with Crippen molar-refractivity contribution in [1.29, 1.82) is 0 Å². The van der Waals surface area contributed by atoms with E-state index >= 15 is 0 Å². The van der Waals surface area contributed by atoms with Gasteiger partial charge in [0.1, 0.15) is 6.54 Å². The van der Waals surface area contributed by atoms with Gasteiger partial charge in [0.2, 0.25) is 5.91 Å². The number of hydrogen-bond donors (Lipinski definition) is 3. The zero-order valence-electron chi connectivity index (χ0n) is 16.0. The fraction of sp³-hybridized carbons (Fsp3) is 0.556. The minimum atomic E-state index is -4.32. The van der Waals surface area contributed by atoms with E-state index in [-0.39, 0.29) is 42.0 Å². The van der Waals surface area contributed by atoms with Crippen molar-refractivity contribution in [2.45, 2.75) is 45.8 Å². The molecule has 1 aromatic rings. The Bertz CT molecular complexity index is 611. The SMILES string of the molecule is CCNC(=NCC(=O)NC(C)(C)C)NCCc1ccc(C(F)(F)F)cc1.I. The summed E-state index contributed by atoms with van der Waals surface area (Å²) in [6.07, 6.45) is -3.79. The Kier molecular flexibility index (Phi) is 10.7. The van der Waals surface area contributed by atoms with Crippen LogP contribution in [0.15, 0.2) is 29.3 Å². The number of amides is 1. The van der Waals surface area contributed by atoms with Crippen molar-refractivity contribution in [3.63, 3.8) is 0 Å². The van der Waals surface area contributed by atoms with E-state index in [1.165, 1.54) is 12.1 Å². The summed E-state index contributed by atoms with van der Waals surface area (Å²) in [5.74, 6) is 0.306. The Hall–Kier alpha value is -1.52. The number of carbonyl (C=O) groups is 1. The molecule has 0 radical (unpaired) electrons. The lowest BCUT2D eigenvalue weighted by molar-refractivity contribution is -0.137. The first-order valence-corrected chi connectivity index (χ1v) is 8.50. The van der Waals surface area contributed by atoms with Crippen LogP contribution in [-0.2, 0) is 17.4 Å². The third kappa shape index (κ3) is 11.0. The van der Waals surface area contributed by atoms with Gasteiger partial charge in [-0.3, -0.25) is 4.79 Å². The van der Waals surface area contributed by atoms with Gasteiger partial charge in [0, 0.05) is 18.6 Å². The lowest BCUT2D eigenvalue weighted by atomic mass is 10.1. The highest BCUT2D eigenvalue weighted by atomic mass is 127. The van der Waals surface area contributed by atoms with Gasteiger partial charge in [-0.2, -0.15) is 13.2 Å². The minimum Gasteiger partial charge on any atom is -0.357 e. The highest BCUT2D eigenvalue weighted by Crippen LogP contribution is 2.29. The topological polar surface area (TPSA) is 65.5 Å². The largest absolute Gasteiger partial charge is 0.416 e.